The summed E-state index contributed by atoms with van der Waals surface area (Å²) in [6.07, 6.45) is 3.73. The number of rotatable bonds is 3. The summed E-state index contributed by atoms with van der Waals surface area (Å²) >= 11 is 0. The van der Waals surface area contributed by atoms with Gasteiger partial charge in [-0.2, -0.15) is 0 Å². The summed E-state index contributed by atoms with van der Waals surface area (Å²) in [5.41, 5.74) is 1.25. The Balaban J connectivity index is 1.75. The molecule has 0 bridgehead atoms. The van der Waals surface area contributed by atoms with Gasteiger partial charge in [-0.25, -0.2) is 4.79 Å². The molecule has 1 fully saturated rings. The molecule has 2 heterocycles. The van der Waals surface area contributed by atoms with Crippen molar-refractivity contribution in [2.45, 2.75) is 25.7 Å². The Bertz CT molecular complexity index is 966. The molecule has 0 aliphatic heterocycles. The van der Waals surface area contributed by atoms with Gasteiger partial charge >= 0.3 is 5.63 Å². The van der Waals surface area contributed by atoms with Gasteiger partial charge in [0.25, 0.3) is 5.91 Å². The van der Waals surface area contributed by atoms with Gasteiger partial charge in [0.1, 0.15) is 11.1 Å². The van der Waals surface area contributed by atoms with E-state index < -0.39 is 11.5 Å². The summed E-state index contributed by atoms with van der Waals surface area (Å²) in [6.45, 7) is 1.73. The summed E-state index contributed by atoms with van der Waals surface area (Å²) < 4.78 is 10.4. The van der Waals surface area contributed by atoms with E-state index in [2.05, 4.69) is 10.5 Å². The number of nitrogens with zero attached hydrogens (tertiary/aromatic N) is 1. The zero-order valence-electron chi connectivity index (χ0n) is 12.5. The zero-order valence-corrected chi connectivity index (χ0v) is 12.5. The molecule has 1 aliphatic carbocycles. The van der Waals surface area contributed by atoms with Gasteiger partial charge in [-0.15, -0.1) is 0 Å². The number of fused-ring (bicyclic) bond motifs is 1. The lowest BCUT2D eigenvalue weighted by Gasteiger charge is -2.07. The molecule has 0 unspecified atom stereocenters. The maximum Gasteiger partial charge on any atom is 0.349 e. The Labute approximate surface area is 131 Å². The van der Waals surface area contributed by atoms with Gasteiger partial charge in [-0.05, 0) is 37.3 Å². The van der Waals surface area contributed by atoms with Crippen LogP contribution in [0.2, 0.25) is 0 Å². The lowest BCUT2D eigenvalue weighted by Crippen LogP contribution is -2.22. The van der Waals surface area contributed by atoms with Crippen molar-refractivity contribution in [2.75, 3.05) is 5.32 Å². The number of aromatic nitrogens is 1. The van der Waals surface area contributed by atoms with E-state index in [1.165, 1.54) is 0 Å². The molecular formula is C17H14N2O4. The predicted octanol–water partition coefficient (Wildman–Crippen LogP) is 3.22. The number of carbonyl (C=O) groups excluding carboxylic acids is 1. The molecule has 0 atom stereocenters. The van der Waals surface area contributed by atoms with Crippen LogP contribution in [0.15, 0.2) is 44.2 Å². The van der Waals surface area contributed by atoms with Gasteiger partial charge in [0, 0.05) is 10.9 Å². The minimum atomic E-state index is -0.661. The van der Waals surface area contributed by atoms with Gasteiger partial charge in [0.05, 0.1) is 6.20 Å². The molecule has 23 heavy (non-hydrogen) atoms. The van der Waals surface area contributed by atoms with Gasteiger partial charge in [0.15, 0.2) is 0 Å². The van der Waals surface area contributed by atoms with Crippen LogP contribution in [0.4, 0.5) is 5.88 Å². The Morgan fingerprint density at radius 1 is 1.30 bits per heavy atom. The van der Waals surface area contributed by atoms with Gasteiger partial charge in [-0.3, -0.25) is 10.1 Å². The highest BCUT2D eigenvalue weighted by molar-refractivity contribution is 6.06. The molecule has 0 radical (unpaired) electrons. The molecular weight excluding hydrogens is 296 g/mol. The summed E-state index contributed by atoms with van der Waals surface area (Å²) in [4.78, 5) is 24.7. The number of para-hydroxylation sites is 1. The van der Waals surface area contributed by atoms with Crippen LogP contribution < -0.4 is 10.9 Å². The molecule has 0 saturated heterocycles. The van der Waals surface area contributed by atoms with E-state index in [0.717, 1.165) is 23.8 Å². The fraction of sp³-hybridized carbons (Fsp3) is 0.235. The van der Waals surface area contributed by atoms with Crippen molar-refractivity contribution < 1.29 is 13.7 Å². The van der Waals surface area contributed by atoms with Crippen LogP contribution in [0.25, 0.3) is 11.0 Å². The van der Waals surface area contributed by atoms with E-state index in [-0.39, 0.29) is 5.56 Å². The average molecular weight is 310 g/mol. The van der Waals surface area contributed by atoms with Crippen molar-refractivity contribution in [3.05, 3.63) is 57.6 Å². The lowest BCUT2D eigenvalue weighted by atomic mass is 10.1. The van der Waals surface area contributed by atoms with Crippen LogP contribution in [-0.2, 0) is 0 Å². The smallest absolute Gasteiger partial charge is 0.349 e. The van der Waals surface area contributed by atoms with Crippen molar-refractivity contribution >= 4 is 22.8 Å². The van der Waals surface area contributed by atoms with E-state index >= 15 is 0 Å². The molecule has 116 valence electrons. The standard InChI is InChI=1S/C17H14N2O4/c1-9-11-4-2-3-5-13(11)22-17(21)14(9)15(20)19-16-12(8-18-23-16)10-6-7-10/h2-5,8,10H,6-7H2,1H3,(H,19,20). The van der Waals surface area contributed by atoms with E-state index in [0.29, 0.717) is 22.9 Å². The molecule has 0 spiro atoms. The number of anilines is 1. The Hall–Kier alpha value is -2.89. The Morgan fingerprint density at radius 3 is 2.87 bits per heavy atom. The van der Waals surface area contributed by atoms with Crippen LogP contribution in [0.1, 0.15) is 40.2 Å². The monoisotopic (exact) mass is 310 g/mol. The van der Waals surface area contributed by atoms with Crippen LogP contribution in [-0.4, -0.2) is 11.1 Å². The Morgan fingerprint density at radius 2 is 2.09 bits per heavy atom. The molecule has 1 aromatic carbocycles. The minimum absolute atomic E-state index is 0.0122. The number of carbonyl (C=O) groups is 1. The van der Waals surface area contributed by atoms with Crippen LogP contribution in [0.5, 0.6) is 0 Å². The maximum absolute atomic E-state index is 12.5. The third kappa shape index (κ3) is 2.32. The number of benzene rings is 1. The number of amides is 1. The second kappa shape index (κ2) is 5.08. The average Bonchev–Trinajstić information content (AvgIpc) is 3.27. The van der Waals surface area contributed by atoms with E-state index in [9.17, 15) is 9.59 Å². The fourth-order valence-electron chi connectivity index (χ4n) is 2.76. The first-order valence-corrected chi connectivity index (χ1v) is 7.43. The first-order valence-electron chi connectivity index (χ1n) is 7.43. The van der Waals surface area contributed by atoms with Gasteiger partial charge in [-0.1, -0.05) is 23.4 Å². The molecule has 6 heteroatoms. The SMILES string of the molecule is Cc1c(C(=O)Nc2oncc2C2CC2)c(=O)oc2ccccc12. The third-order valence-electron chi connectivity index (χ3n) is 4.14. The van der Waals surface area contributed by atoms with Crippen molar-refractivity contribution in [1.82, 2.24) is 5.16 Å². The second-order valence-electron chi connectivity index (χ2n) is 5.72. The van der Waals surface area contributed by atoms with Crippen molar-refractivity contribution in [1.29, 1.82) is 0 Å². The highest BCUT2D eigenvalue weighted by atomic mass is 16.5. The molecule has 2 aromatic heterocycles. The molecule has 1 N–H and O–H groups in total. The van der Waals surface area contributed by atoms with Crippen molar-refractivity contribution in [2.24, 2.45) is 0 Å². The molecule has 3 aromatic rings. The van der Waals surface area contributed by atoms with Crippen LogP contribution >= 0.6 is 0 Å². The summed E-state index contributed by atoms with van der Waals surface area (Å²) in [7, 11) is 0. The number of nitrogens with one attached hydrogen (secondary N) is 1. The number of hydrogen-bond donors (Lipinski definition) is 1. The minimum Gasteiger partial charge on any atom is -0.422 e. The first kappa shape index (κ1) is 13.8. The zero-order chi connectivity index (χ0) is 16.0. The summed E-state index contributed by atoms with van der Waals surface area (Å²) in [5, 5.41) is 7.11. The quantitative estimate of drug-likeness (QED) is 0.751. The van der Waals surface area contributed by atoms with E-state index in [4.69, 9.17) is 8.94 Å². The topological polar surface area (TPSA) is 85.3 Å². The normalized spacial score (nSPS) is 14.1. The van der Waals surface area contributed by atoms with Gasteiger partial charge in [0.2, 0.25) is 5.88 Å². The van der Waals surface area contributed by atoms with Crippen molar-refractivity contribution in [3.63, 3.8) is 0 Å². The third-order valence-corrected chi connectivity index (χ3v) is 4.14. The van der Waals surface area contributed by atoms with Crippen LogP contribution in [0.3, 0.4) is 0 Å². The molecule has 4 rings (SSSR count). The molecule has 1 aliphatic rings. The lowest BCUT2D eigenvalue weighted by molar-refractivity contribution is 0.101. The summed E-state index contributed by atoms with van der Waals surface area (Å²) in [6, 6.07) is 7.13. The molecule has 6 nitrogen and oxygen atoms in total. The summed E-state index contributed by atoms with van der Waals surface area (Å²) in [5.74, 6) is 0.149. The highest BCUT2D eigenvalue weighted by Crippen LogP contribution is 2.43. The van der Waals surface area contributed by atoms with Crippen molar-refractivity contribution in [3.8, 4) is 0 Å². The first-order chi connectivity index (χ1) is 11.1. The molecule has 1 amide bonds. The second-order valence-corrected chi connectivity index (χ2v) is 5.72. The van der Waals surface area contributed by atoms with E-state index in [1.807, 2.05) is 12.1 Å². The van der Waals surface area contributed by atoms with Crippen LogP contribution in [0, 0.1) is 6.92 Å². The maximum atomic E-state index is 12.5. The highest BCUT2D eigenvalue weighted by Gasteiger charge is 2.30. The van der Waals surface area contributed by atoms with E-state index in [1.54, 1.807) is 25.3 Å². The number of hydrogen-bond acceptors (Lipinski definition) is 5. The fourth-order valence-corrected chi connectivity index (χ4v) is 2.76. The number of aryl methyl sites for hydroxylation is 1. The largest absolute Gasteiger partial charge is 0.422 e. The molecule has 1 saturated carbocycles. The van der Waals surface area contributed by atoms with Gasteiger partial charge < -0.3 is 8.94 Å². The predicted molar refractivity (Wildman–Crippen MR) is 83.7 cm³/mol. The Kier molecular flexibility index (Phi) is 3.04.